The molecule has 1 heterocycles. The Morgan fingerprint density at radius 2 is 1.83 bits per heavy atom. The molecule has 4 heteroatoms. The maximum absolute atomic E-state index is 6.54. The van der Waals surface area contributed by atoms with E-state index < -0.39 is 0 Å². The van der Waals surface area contributed by atoms with E-state index in [1.807, 2.05) is 18.2 Å². The summed E-state index contributed by atoms with van der Waals surface area (Å²) in [6.07, 6.45) is 7.52. The van der Waals surface area contributed by atoms with Crippen molar-refractivity contribution in [1.82, 2.24) is 0 Å². The highest BCUT2D eigenvalue weighted by Crippen LogP contribution is 2.37. The smallest absolute Gasteiger partial charge is 0.119 e. The first-order chi connectivity index (χ1) is 14.6. The summed E-state index contributed by atoms with van der Waals surface area (Å²) in [4.78, 5) is 0. The monoisotopic (exact) mass is 428 g/mol. The van der Waals surface area contributed by atoms with Crippen molar-refractivity contribution in [2.75, 3.05) is 13.2 Å². The van der Waals surface area contributed by atoms with Gasteiger partial charge < -0.3 is 14.2 Å². The van der Waals surface area contributed by atoms with Crippen molar-refractivity contribution < 1.29 is 14.2 Å². The van der Waals surface area contributed by atoms with Crippen LogP contribution in [0, 0.1) is 5.92 Å². The molecular formula is C26H33ClO3. The van der Waals surface area contributed by atoms with Crippen molar-refractivity contribution >= 4 is 11.6 Å². The minimum absolute atomic E-state index is 0.170. The summed E-state index contributed by atoms with van der Waals surface area (Å²) in [5.41, 5.74) is 3.62. The van der Waals surface area contributed by atoms with Crippen LogP contribution in [0.15, 0.2) is 42.5 Å². The van der Waals surface area contributed by atoms with Crippen LogP contribution >= 0.6 is 11.6 Å². The van der Waals surface area contributed by atoms with Crippen LogP contribution in [-0.2, 0) is 15.9 Å². The van der Waals surface area contributed by atoms with Gasteiger partial charge in [-0.1, -0.05) is 49.7 Å². The third-order valence-corrected chi connectivity index (χ3v) is 6.45. The second kappa shape index (κ2) is 10.2. The minimum atomic E-state index is 0.170. The van der Waals surface area contributed by atoms with Crippen molar-refractivity contribution in [3.8, 4) is 5.75 Å². The molecule has 1 aliphatic carbocycles. The zero-order valence-corrected chi connectivity index (χ0v) is 18.9. The quantitative estimate of drug-likeness (QED) is 0.413. The molecule has 0 N–H and O–H groups in total. The van der Waals surface area contributed by atoms with Crippen LogP contribution in [0.1, 0.15) is 68.7 Å². The van der Waals surface area contributed by atoms with E-state index in [9.17, 15) is 0 Å². The van der Waals surface area contributed by atoms with Crippen LogP contribution in [0.4, 0.5) is 0 Å². The Kier molecular flexibility index (Phi) is 7.35. The van der Waals surface area contributed by atoms with Crippen LogP contribution in [-0.4, -0.2) is 25.4 Å². The molecule has 2 aromatic carbocycles. The number of hydrogen-bond acceptors (Lipinski definition) is 3. The predicted octanol–water partition coefficient (Wildman–Crippen LogP) is 6.75. The Hall–Kier alpha value is -1.55. The molecule has 1 aliphatic heterocycles. The minimum Gasteiger partial charge on any atom is -0.491 e. The van der Waals surface area contributed by atoms with Crippen molar-refractivity contribution in [3.05, 3.63) is 64.2 Å². The topological polar surface area (TPSA) is 27.7 Å². The Labute approximate surface area is 185 Å². The van der Waals surface area contributed by atoms with Crippen LogP contribution < -0.4 is 4.74 Å². The molecule has 3 atom stereocenters. The fourth-order valence-corrected chi connectivity index (χ4v) is 4.38. The first-order valence-electron chi connectivity index (χ1n) is 11.4. The zero-order valence-electron chi connectivity index (χ0n) is 18.1. The van der Waals surface area contributed by atoms with Gasteiger partial charge in [-0.05, 0) is 79.3 Å². The van der Waals surface area contributed by atoms with E-state index in [2.05, 4.69) is 38.1 Å². The van der Waals surface area contributed by atoms with Gasteiger partial charge in [0.05, 0.1) is 24.9 Å². The van der Waals surface area contributed by atoms with Crippen LogP contribution in [0.25, 0.3) is 0 Å². The molecule has 4 rings (SSSR count). The number of hydrogen-bond donors (Lipinski definition) is 0. The Morgan fingerprint density at radius 1 is 1.03 bits per heavy atom. The first-order valence-corrected chi connectivity index (χ1v) is 11.8. The highest BCUT2D eigenvalue weighted by molar-refractivity contribution is 6.31. The predicted molar refractivity (Wildman–Crippen MR) is 121 cm³/mol. The fourth-order valence-electron chi connectivity index (χ4n) is 4.19. The molecule has 30 heavy (non-hydrogen) atoms. The summed E-state index contributed by atoms with van der Waals surface area (Å²) in [6.45, 7) is 5.80. The molecule has 162 valence electrons. The lowest BCUT2D eigenvalue weighted by molar-refractivity contribution is -0.0709. The number of ether oxygens (including phenoxy) is 3. The van der Waals surface area contributed by atoms with E-state index in [1.54, 1.807) is 0 Å². The van der Waals surface area contributed by atoms with Gasteiger partial charge in [0.1, 0.15) is 12.4 Å². The SMILES string of the molecule is CCC1CC(C)CC(c2ccc(Cl)c(Cc3ccc(OCCOC4CC4)cc3)c2)O1. The average Bonchev–Trinajstić information content (AvgIpc) is 3.58. The number of rotatable bonds is 9. The third-order valence-electron chi connectivity index (χ3n) is 6.08. The van der Waals surface area contributed by atoms with Crippen molar-refractivity contribution in [1.29, 1.82) is 0 Å². The molecule has 0 aromatic heterocycles. The highest BCUT2D eigenvalue weighted by Gasteiger charge is 2.27. The van der Waals surface area contributed by atoms with E-state index in [1.165, 1.54) is 24.0 Å². The Bertz CT molecular complexity index is 816. The lowest BCUT2D eigenvalue weighted by Crippen LogP contribution is -2.26. The first kappa shape index (κ1) is 21.7. The van der Waals surface area contributed by atoms with Crippen LogP contribution in [0.3, 0.4) is 0 Å². The largest absolute Gasteiger partial charge is 0.491 e. The van der Waals surface area contributed by atoms with Gasteiger partial charge in [-0.3, -0.25) is 0 Å². The maximum atomic E-state index is 6.54. The molecule has 2 aromatic rings. The van der Waals surface area contributed by atoms with E-state index in [-0.39, 0.29) is 6.10 Å². The van der Waals surface area contributed by atoms with E-state index in [0.717, 1.165) is 42.0 Å². The summed E-state index contributed by atoms with van der Waals surface area (Å²) < 4.78 is 17.7. The van der Waals surface area contributed by atoms with Gasteiger partial charge in [0.25, 0.3) is 0 Å². The summed E-state index contributed by atoms with van der Waals surface area (Å²) in [5.74, 6) is 1.57. The molecule has 2 aliphatic rings. The second-order valence-electron chi connectivity index (χ2n) is 8.82. The van der Waals surface area contributed by atoms with E-state index in [4.69, 9.17) is 25.8 Å². The molecule has 3 nitrogen and oxygen atoms in total. The Balaban J connectivity index is 1.37. The van der Waals surface area contributed by atoms with Crippen molar-refractivity contribution in [2.24, 2.45) is 5.92 Å². The van der Waals surface area contributed by atoms with Gasteiger partial charge >= 0.3 is 0 Å². The summed E-state index contributed by atoms with van der Waals surface area (Å²) in [6, 6.07) is 14.7. The second-order valence-corrected chi connectivity index (χ2v) is 9.23. The van der Waals surface area contributed by atoms with Crippen molar-refractivity contribution in [2.45, 2.75) is 70.7 Å². The maximum Gasteiger partial charge on any atom is 0.119 e. The lowest BCUT2D eigenvalue weighted by Gasteiger charge is -2.34. The van der Waals surface area contributed by atoms with Gasteiger partial charge in [-0.25, -0.2) is 0 Å². The summed E-state index contributed by atoms with van der Waals surface area (Å²) in [7, 11) is 0. The van der Waals surface area contributed by atoms with Gasteiger partial charge in [-0.15, -0.1) is 0 Å². The molecule has 2 fully saturated rings. The molecule has 0 radical (unpaired) electrons. The van der Waals surface area contributed by atoms with Crippen LogP contribution in [0.5, 0.6) is 5.75 Å². The van der Waals surface area contributed by atoms with Crippen LogP contribution in [0.2, 0.25) is 5.02 Å². The molecule has 3 unspecified atom stereocenters. The summed E-state index contributed by atoms with van der Waals surface area (Å²) >= 11 is 6.54. The van der Waals surface area contributed by atoms with Gasteiger partial charge in [-0.2, -0.15) is 0 Å². The molecule has 0 amide bonds. The number of benzene rings is 2. The molecule has 0 spiro atoms. The highest BCUT2D eigenvalue weighted by atomic mass is 35.5. The molecule has 1 saturated carbocycles. The summed E-state index contributed by atoms with van der Waals surface area (Å²) in [5, 5.41) is 0.812. The van der Waals surface area contributed by atoms with Gasteiger partial charge in [0.15, 0.2) is 0 Å². The fraction of sp³-hybridized carbons (Fsp3) is 0.538. The molecule has 1 saturated heterocycles. The average molecular weight is 429 g/mol. The van der Waals surface area contributed by atoms with Crippen molar-refractivity contribution in [3.63, 3.8) is 0 Å². The van der Waals surface area contributed by atoms with Gasteiger partial charge in [0.2, 0.25) is 0 Å². The van der Waals surface area contributed by atoms with E-state index >= 15 is 0 Å². The normalized spacial score (nSPS) is 24.0. The Morgan fingerprint density at radius 3 is 2.57 bits per heavy atom. The zero-order chi connectivity index (χ0) is 20.9. The number of halogens is 1. The lowest BCUT2D eigenvalue weighted by atomic mass is 9.88. The third kappa shape index (κ3) is 6.00. The van der Waals surface area contributed by atoms with E-state index in [0.29, 0.717) is 31.3 Å². The molecule has 0 bridgehead atoms. The van der Waals surface area contributed by atoms with Gasteiger partial charge in [0, 0.05) is 5.02 Å². The molecular weight excluding hydrogens is 396 g/mol. The standard InChI is InChI=1S/C26H33ClO3/c1-3-22-14-18(2)15-26(30-22)20-6-11-25(27)21(17-20)16-19-4-7-23(8-5-19)28-12-13-29-24-9-10-24/h4-8,11,17-18,22,24,26H,3,9-10,12-16H2,1-2H3.